The number of benzene rings is 2. The zero-order valence-corrected chi connectivity index (χ0v) is 15.2. The Hall–Kier alpha value is -3.72. The van der Waals surface area contributed by atoms with Gasteiger partial charge in [0.25, 0.3) is 17.2 Å². The fourth-order valence-corrected chi connectivity index (χ4v) is 2.66. The predicted molar refractivity (Wildman–Crippen MR) is 102 cm³/mol. The number of nitrogens with zero attached hydrogens (tertiary/aromatic N) is 3. The Morgan fingerprint density at radius 3 is 2.68 bits per heavy atom. The number of hydrogen-bond donors (Lipinski definition) is 2. The van der Waals surface area contributed by atoms with Gasteiger partial charge >= 0.3 is 0 Å². The maximum absolute atomic E-state index is 12.5. The van der Waals surface area contributed by atoms with Crippen molar-refractivity contribution in [1.82, 2.24) is 9.78 Å². The molecular weight excluding hydrogens is 388 g/mol. The minimum Gasteiger partial charge on any atom is -0.505 e. The molecule has 3 aromatic rings. The molecule has 0 fully saturated rings. The van der Waals surface area contributed by atoms with Gasteiger partial charge in [-0.2, -0.15) is 9.78 Å². The summed E-state index contributed by atoms with van der Waals surface area (Å²) in [5, 5.41) is 27.2. The third kappa shape index (κ3) is 3.84. The van der Waals surface area contributed by atoms with E-state index >= 15 is 0 Å². The molecule has 1 aromatic heterocycles. The van der Waals surface area contributed by atoms with Crippen LogP contribution < -0.4 is 10.9 Å². The van der Waals surface area contributed by atoms with E-state index in [1.807, 2.05) is 13.0 Å². The lowest BCUT2D eigenvalue weighted by Crippen LogP contribution is -2.25. The molecule has 142 valence electrons. The highest BCUT2D eigenvalue weighted by molar-refractivity contribution is 6.32. The van der Waals surface area contributed by atoms with Crippen molar-refractivity contribution in [3.63, 3.8) is 0 Å². The average Bonchev–Trinajstić information content (AvgIpc) is 2.63. The maximum Gasteiger partial charge on any atom is 0.289 e. The van der Waals surface area contributed by atoms with Gasteiger partial charge in [-0.3, -0.25) is 19.7 Å². The maximum atomic E-state index is 12.5. The van der Waals surface area contributed by atoms with Crippen LogP contribution in [0.25, 0.3) is 5.69 Å². The number of hydrogen-bond acceptors (Lipinski definition) is 6. The monoisotopic (exact) mass is 400 g/mol. The molecule has 1 heterocycles. The van der Waals surface area contributed by atoms with Crippen molar-refractivity contribution in [3.8, 4) is 11.4 Å². The van der Waals surface area contributed by atoms with Crippen molar-refractivity contribution in [2.24, 2.45) is 0 Å². The van der Waals surface area contributed by atoms with Crippen LogP contribution in [0.2, 0.25) is 5.02 Å². The van der Waals surface area contributed by atoms with Gasteiger partial charge in [-0.05, 0) is 36.8 Å². The van der Waals surface area contributed by atoms with E-state index in [0.717, 1.165) is 22.4 Å². The van der Waals surface area contributed by atoms with Gasteiger partial charge in [0, 0.05) is 17.8 Å². The van der Waals surface area contributed by atoms with E-state index in [4.69, 9.17) is 11.6 Å². The zero-order valence-electron chi connectivity index (χ0n) is 14.4. The van der Waals surface area contributed by atoms with Gasteiger partial charge in [-0.25, -0.2) is 0 Å². The van der Waals surface area contributed by atoms with Crippen LogP contribution in [0.5, 0.6) is 5.75 Å². The summed E-state index contributed by atoms with van der Waals surface area (Å²) in [6, 6.07) is 11.4. The number of nitrogens with one attached hydrogen (secondary N) is 1. The van der Waals surface area contributed by atoms with Crippen molar-refractivity contribution < 1.29 is 14.8 Å². The number of aromatic hydroxyl groups is 1. The van der Waals surface area contributed by atoms with Crippen LogP contribution >= 0.6 is 11.6 Å². The molecule has 1 amide bonds. The number of rotatable bonds is 4. The minimum atomic E-state index is -0.851. The largest absolute Gasteiger partial charge is 0.505 e. The van der Waals surface area contributed by atoms with Crippen LogP contribution in [0, 0.1) is 17.0 Å². The van der Waals surface area contributed by atoms with Gasteiger partial charge in [-0.1, -0.05) is 23.7 Å². The van der Waals surface area contributed by atoms with E-state index in [2.05, 4.69) is 10.4 Å². The minimum absolute atomic E-state index is 0.0793. The van der Waals surface area contributed by atoms with Gasteiger partial charge < -0.3 is 10.4 Å². The van der Waals surface area contributed by atoms with Crippen molar-refractivity contribution >= 4 is 28.9 Å². The van der Waals surface area contributed by atoms with Crippen LogP contribution in [-0.2, 0) is 0 Å². The summed E-state index contributed by atoms with van der Waals surface area (Å²) >= 11 is 5.74. The lowest BCUT2D eigenvalue weighted by atomic mass is 10.2. The van der Waals surface area contributed by atoms with Gasteiger partial charge in [0.15, 0.2) is 11.4 Å². The van der Waals surface area contributed by atoms with Gasteiger partial charge in [0.2, 0.25) is 0 Å². The summed E-state index contributed by atoms with van der Waals surface area (Å²) in [6.45, 7) is 1.83. The Morgan fingerprint density at radius 1 is 1.25 bits per heavy atom. The van der Waals surface area contributed by atoms with Crippen molar-refractivity contribution in [1.29, 1.82) is 0 Å². The molecule has 10 heteroatoms. The number of aryl methyl sites for hydroxylation is 1. The third-order valence-corrected chi connectivity index (χ3v) is 4.09. The Balaban J connectivity index is 1.98. The number of anilines is 1. The summed E-state index contributed by atoms with van der Waals surface area (Å²) < 4.78 is 0.978. The van der Waals surface area contributed by atoms with Crippen LogP contribution in [0.4, 0.5) is 11.4 Å². The number of halogens is 1. The quantitative estimate of drug-likeness (QED) is 0.511. The number of nitro groups is 1. The fourth-order valence-electron chi connectivity index (χ4n) is 2.47. The van der Waals surface area contributed by atoms with E-state index in [1.54, 1.807) is 18.2 Å². The molecule has 0 saturated heterocycles. The summed E-state index contributed by atoms with van der Waals surface area (Å²) in [4.78, 5) is 35.0. The molecule has 0 spiro atoms. The molecule has 0 atom stereocenters. The van der Waals surface area contributed by atoms with Crippen LogP contribution in [-0.4, -0.2) is 25.7 Å². The molecule has 2 aromatic carbocycles. The average molecular weight is 401 g/mol. The van der Waals surface area contributed by atoms with Gasteiger partial charge in [0.1, 0.15) is 5.02 Å². The molecule has 2 N–H and O–H groups in total. The first-order chi connectivity index (χ1) is 13.3. The SMILES string of the molecule is Cc1cccc(-n2nc(C(=O)Nc3ccc(Cl)c([N+](=O)[O-])c3)c(O)cc2=O)c1. The second-order valence-electron chi connectivity index (χ2n) is 5.84. The number of carbonyl (C=O) groups excluding carboxylic acids is 1. The lowest BCUT2D eigenvalue weighted by molar-refractivity contribution is -0.384. The summed E-state index contributed by atoms with van der Waals surface area (Å²) in [6.07, 6.45) is 0. The van der Waals surface area contributed by atoms with Crippen LogP contribution in [0.15, 0.2) is 53.3 Å². The summed E-state index contributed by atoms with van der Waals surface area (Å²) in [5.41, 5.74) is -0.0580. The first-order valence-corrected chi connectivity index (χ1v) is 8.30. The van der Waals surface area contributed by atoms with E-state index in [1.165, 1.54) is 12.1 Å². The molecule has 28 heavy (non-hydrogen) atoms. The molecule has 0 bridgehead atoms. The van der Waals surface area contributed by atoms with E-state index in [-0.39, 0.29) is 16.4 Å². The van der Waals surface area contributed by atoms with E-state index in [0.29, 0.717) is 5.69 Å². The van der Waals surface area contributed by atoms with Crippen LogP contribution in [0.1, 0.15) is 16.1 Å². The molecule has 0 radical (unpaired) electrons. The van der Waals surface area contributed by atoms with E-state index < -0.39 is 27.8 Å². The van der Waals surface area contributed by atoms with Crippen molar-refractivity contribution in [3.05, 3.63) is 85.3 Å². The second kappa shape index (κ2) is 7.49. The van der Waals surface area contributed by atoms with Crippen molar-refractivity contribution in [2.45, 2.75) is 6.92 Å². The first kappa shape index (κ1) is 19.1. The van der Waals surface area contributed by atoms with Crippen LogP contribution in [0.3, 0.4) is 0 Å². The Kier molecular flexibility index (Phi) is 5.10. The van der Waals surface area contributed by atoms with Crippen molar-refractivity contribution in [2.75, 3.05) is 5.32 Å². The number of carbonyl (C=O) groups is 1. The van der Waals surface area contributed by atoms with E-state index in [9.17, 15) is 24.8 Å². The summed E-state index contributed by atoms with van der Waals surface area (Å²) in [7, 11) is 0. The normalized spacial score (nSPS) is 10.5. The molecule has 0 aliphatic heterocycles. The first-order valence-electron chi connectivity index (χ1n) is 7.92. The Morgan fingerprint density at radius 2 is 2.00 bits per heavy atom. The highest BCUT2D eigenvalue weighted by Gasteiger charge is 2.19. The molecule has 9 nitrogen and oxygen atoms in total. The lowest BCUT2D eigenvalue weighted by Gasteiger charge is -2.10. The third-order valence-electron chi connectivity index (χ3n) is 3.77. The van der Waals surface area contributed by atoms with Gasteiger partial charge in [0.05, 0.1) is 10.6 Å². The molecule has 0 aliphatic carbocycles. The zero-order chi connectivity index (χ0) is 20.4. The second-order valence-corrected chi connectivity index (χ2v) is 6.25. The Labute approximate surface area is 163 Å². The molecular formula is C18H13ClN4O5. The fraction of sp³-hybridized carbons (Fsp3) is 0.0556. The summed E-state index contributed by atoms with van der Waals surface area (Å²) in [5.74, 6) is -1.47. The molecule has 0 unspecified atom stereocenters. The number of nitro benzene ring substituents is 1. The number of aromatic nitrogens is 2. The molecule has 0 saturated carbocycles. The standard InChI is InChI=1S/C18H13ClN4O5/c1-10-3-2-4-12(7-10)22-16(25)9-15(24)17(21-22)18(26)20-11-5-6-13(19)14(8-11)23(27)28/h2-9,24H,1H3,(H,20,26). The topological polar surface area (TPSA) is 127 Å². The predicted octanol–water partition coefficient (Wildman–Crippen LogP) is 3.06. The Bertz CT molecular complexity index is 1160. The highest BCUT2D eigenvalue weighted by atomic mass is 35.5. The highest BCUT2D eigenvalue weighted by Crippen LogP contribution is 2.27. The smallest absolute Gasteiger partial charge is 0.289 e. The molecule has 3 rings (SSSR count). The molecule has 0 aliphatic rings. The number of amides is 1. The van der Waals surface area contributed by atoms with Gasteiger partial charge in [-0.15, -0.1) is 0 Å².